The molecule has 1 aromatic carbocycles. The summed E-state index contributed by atoms with van der Waals surface area (Å²) in [6.45, 7) is 9.02. The summed E-state index contributed by atoms with van der Waals surface area (Å²) in [4.78, 5) is 59.0. The summed E-state index contributed by atoms with van der Waals surface area (Å²) < 4.78 is 0. The van der Waals surface area contributed by atoms with Crippen molar-refractivity contribution in [3.8, 4) is 0 Å². The third-order valence-corrected chi connectivity index (χ3v) is 8.52. The highest BCUT2D eigenvalue weighted by Gasteiger charge is 2.53. The van der Waals surface area contributed by atoms with E-state index in [9.17, 15) is 19.2 Å². The quantitative estimate of drug-likeness (QED) is 0.470. The molecule has 3 N–H and O–H groups in total. The number of hydrogen-bond donors (Lipinski definition) is 3. The molecule has 4 atom stereocenters. The van der Waals surface area contributed by atoms with Gasteiger partial charge in [0.2, 0.25) is 11.8 Å². The van der Waals surface area contributed by atoms with Crippen LogP contribution in [0.25, 0.3) is 0 Å². The van der Waals surface area contributed by atoms with E-state index in [1.54, 1.807) is 21.9 Å². The molecule has 0 spiro atoms. The molecule has 4 heterocycles. The van der Waals surface area contributed by atoms with Gasteiger partial charge in [0, 0.05) is 44.0 Å². The highest BCUT2D eigenvalue weighted by atomic mass is 16.2. The molecule has 39 heavy (non-hydrogen) atoms. The van der Waals surface area contributed by atoms with E-state index in [0.717, 1.165) is 57.7 Å². The molecule has 10 nitrogen and oxygen atoms in total. The third-order valence-electron chi connectivity index (χ3n) is 8.52. The number of piperidine rings is 1. The first-order valence-electron chi connectivity index (χ1n) is 14.6. The number of hydrogen-bond acceptors (Lipinski definition) is 7. The zero-order valence-electron chi connectivity index (χ0n) is 23.2. The average Bonchev–Trinajstić information content (AvgIpc) is 3.54. The minimum Gasteiger partial charge on any atom is -0.369 e. The number of benzene rings is 1. The molecular weight excluding hydrogens is 496 g/mol. The second kappa shape index (κ2) is 12.0. The number of ketones is 1. The van der Waals surface area contributed by atoms with Crippen LogP contribution < -0.4 is 20.9 Å². The van der Waals surface area contributed by atoms with Crippen LogP contribution in [0.5, 0.6) is 0 Å². The van der Waals surface area contributed by atoms with Gasteiger partial charge in [0.25, 0.3) is 5.91 Å². The third kappa shape index (κ3) is 5.96. The first kappa shape index (κ1) is 27.6. The number of likely N-dealkylation sites (tertiary alicyclic amines) is 2. The summed E-state index contributed by atoms with van der Waals surface area (Å²) in [7, 11) is 0. The number of piperazine rings is 1. The fourth-order valence-corrected chi connectivity index (χ4v) is 6.50. The van der Waals surface area contributed by atoms with Crippen LogP contribution in [-0.4, -0.2) is 103 Å². The lowest BCUT2D eigenvalue weighted by Gasteiger charge is -2.31. The summed E-state index contributed by atoms with van der Waals surface area (Å²) in [5.74, 6) is -0.480. The lowest BCUT2D eigenvalue weighted by Crippen LogP contribution is -2.53. The number of Topliss-reactive ketones (excluding diaryl/α,β-unsaturated/α-hetero) is 1. The van der Waals surface area contributed by atoms with Crippen molar-refractivity contribution in [1.82, 2.24) is 25.8 Å². The Balaban J connectivity index is 1.25. The maximum Gasteiger partial charge on any atom is 0.251 e. The van der Waals surface area contributed by atoms with E-state index >= 15 is 0 Å². The Kier molecular flexibility index (Phi) is 8.52. The normalized spacial score (nSPS) is 26.1. The van der Waals surface area contributed by atoms with Crippen molar-refractivity contribution in [1.29, 1.82) is 0 Å². The summed E-state index contributed by atoms with van der Waals surface area (Å²) >= 11 is 0. The number of carbonyl (C=O) groups excluding carboxylic acids is 4. The predicted molar refractivity (Wildman–Crippen MR) is 149 cm³/mol. The number of amides is 3. The molecule has 10 heteroatoms. The van der Waals surface area contributed by atoms with Gasteiger partial charge >= 0.3 is 0 Å². The molecule has 0 saturated carbocycles. The van der Waals surface area contributed by atoms with E-state index in [2.05, 4.69) is 20.9 Å². The van der Waals surface area contributed by atoms with Crippen molar-refractivity contribution in [3.63, 3.8) is 0 Å². The molecule has 0 bridgehead atoms. The fourth-order valence-electron chi connectivity index (χ4n) is 6.50. The van der Waals surface area contributed by atoms with Crippen molar-refractivity contribution in [3.05, 3.63) is 29.8 Å². The van der Waals surface area contributed by atoms with Crippen molar-refractivity contribution in [2.24, 2.45) is 5.92 Å². The summed E-state index contributed by atoms with van der Waals surface area (Å²) in [6.07, 6.45) is 3.89. The Hall–Kier alpha value is -2.98. The highest BCUT2D eigenvalue weighted by Crippen LogP contribution is 2.32. The van der Waals surface area contributed by atoms with Gasteiger partial charge in [-0.1, -0.05) is 20.3 Å². The maximum atomic E-state index is 13.8. The van der Waals surface area contributed by atoms with Crippen LogP contribution in [0, 0.1) is 5.92 Å². The van der Waals surface area contributed by atoms with Crippen LogP contribution in [0.15, 0.2) is 24.3 Å². The SMILES string of the molecule is CC(C)CC(NC(=O)c1ccc(N2CCNCC2)cc1)C(=O)N1CCC2C1C(=O)CN2C(=O)C1CCCCN1. The van der Waals surface area contributed by atoms with Crippen LogP contribution in [0.4, 0.5) is 5.69 Å². The van der Waals surface area contributed by atoms with Gasteiger partial charge in [-0.25, -0.2) is 0 Å². The maximum absolute atomic E-state index is 13.8. The van der Waals surface area contributed by atoms with E-state index in [1.165, 1.54) is 0 Å². The number of anilines is 1. The molecule has 4 aliphatic rings. The molecule has 4 fully saturated rings. The van der Waals surface area contributed by atoms with Crippen molar-refractivity contribution < 1.29 is 19.2 Å². The molecular formula is C29H42N6O4. The Labute approximate surface area is 230 Å². The molecule has 0 aromatic heterocycles. The number of carbonyl (C=O) groups is 4. The van der Waals surface area contributed by atoms with Crippen molar-refractivity contribution >= 4 is 29.2 Å². The van der Waals surface area contributed by atoms with E-state index in [-0.39, 0.29) is 48.1 Å². The average molecular weight is 539 g/mol. The molecule has 0 aliphatic carbocycles. The van der Waals surface area contributed by atoms with E-state index < -0.39 is 12.1 Å². The lowest BCUT2D eigenvalue weighted by molar-refractivity contribution is -0.138. The summed E-state index contributed by atoms with van der Waals surface area (Å²) in [5.41, 5.74) is 1.58. The summed E-state index contributed by atoms with van der Waals surface area (Å²) in [5, 5.41) is 9.59. The molecule has 0 radical (unpaired) electrons. The Morgan fingerprint density at radius 3 is 2.38 bits per heavy atom. The van der Waals surface area contributed by atoms with Crippen molar-refractivity contribution in [2.75, 3.05) is 50.7 Å². The number of rotatable bonds is 7. The van der Waals surface area contributed by atoms with E-state index in [0.29, 0.717) is 24.9 Å². The van der Waals surface area contributed by atoms with Gasteiger partial charge in [0.15, 0.2) is 5.78 Å². The van der Waals surface area contributed by atoms with Gasteiger partial charge in [-0.3, -0.25) is 19.2 Å². The van der Waals surface area contributed by atoms with Crippen LogP contribution in [0.3, 0.4) is 0 Å². The molecule has 4 unspecified atom stereocenters. The first-order valence-corrected chi connectivity index (χ1v) is 14.6. The van der Waals surface area contributed by atoms with Gasteiger partial charge in [-0.15, -0.1) is 0 Å². The molecule has 4 saturated heterocycles. The Morgan fingerprint density at radius 1 is 0.974 bits per heavy atom. The number of fused-ring (bicyclic) bond motifs is 1. The second-order valence-corrected chi connectivity index (χ2v) is 11.7. The molecule has 212 valence electrons. The monoisotopic (exact) mass is 538 g/mol. The molecule has 1 aromatic rings. The Bertz CT molecular complexity index is 1060. The van der Waals surface area contributed by atoms with E-state index in [4.69, 9.17) is 0 Å². The minimum absolute atomic E-state index is 0.0267. The van der Waals surface area contributed by atoms with Crippen LogP contribution in [0.2, 0.25) is 0 Å². The van der Waals surface area contributed by atoms with Gasteiger partial charge in [-0.05, 0) is 62.4 Å². The van der Waals surface area contributed by atoms with Gasteiger partial charge in [-0.2, -0.15) is 0 Å². The fraction of sp³-hybridized carbons (Fsp3) is 0.655. The lowest BCUT2D eigenvalue weighted by atomic mass is 10.0. The zero-order valence-corrected chi connectivity index (χ0v) is 23.2. The molecule has 4 aliphatic heterocycles. The van der Waals surface area contributed by atoms with Crippen molar-refractivity contribution in [2.45, 2.75) is 70.1 Å². The highest BCUT2D eigenvalue weighted by molar-refractivity contribution is 6.01. The number of nitrogens with zero attached hydrogens (tertiary/aromatic N) is 3. The Morgan fingerprint density at radius 2 is 1.72 bits per heavy atom. The minimum atomic E-state index is -0.735. The predicted octanol–water partition coefficient (Wildman–Crippen LogP) is 0.764. The largest absolute Gasteiger partial charge is 0.369 e. The molecule has 3 amide bonds. The van der Waals surface area contributed by atoms with E-state index in [1.807, 2.05) is 26.0 Å². The van der Waals surface area contributed by atoms with Crippen LogP contribution in [0.1, 0.15) is 56.3 Å². The van der Waals surface area contributed by atoms with Crippen LogP contribution in [-0.2, 0) is 14.4 Å². The number of nitrogens with one attached hydrogen (secondary N) is 3. The summed E-state index contributed by atoms with van der Waals surface area (Å²) in [6, 6.07) is 5.61. The zero-order chi connectivity index (χ0) is 27.5. The molecule has 5 rings (SSSR count). The first-order chi connectivity index (χ1) is 18.8. The van der Waals surface area contributed by atoms with Gasteiger partial charge < -0.3 is 30.7 Å². The van der Waals surface area contributed by atoms with Gasteiger partial charge in [0.05, 0.1) is 18.6 Å². The smallest absolute Gasteiger partial charge is 0.251 e. The van der Waals surface area contributed by atoms with Crippen LogP contribution >= 0.6 is 0 Å². The second-order valence-electron chi connectivity index (χ2n) is 11.7. The topological polar surface area (TPSA) is 114 Å². The van der Waals surface area contributed by atoms with Gasteiger partial charge in [0.1, 0.15) is 12.1 Å². The standard InChI is InChI=1S/C29H42N6O4/c1-19(2)17-23(32-27(37)20-6-8-21(9-7-20)33-15-12-30-13-16-33)29(39)34-14-10-24-26(34)25(36)18-35(24)28(38)22-5-3-4-11-31-22/h6-9,19,22-24,26,30-31H,3-5,10-18H2,1-2H3,(H,32,37).